The highest BCUT2D eigenvalue weighted by Crippen LogP contribution is 2.23. The smallest absolute Gasteiger partial charge is 0.340 e. The van der Waals surface area contributed by atoms with Crippen LogP contribution < -0.4 is 10.6 Å². The molecule has 114 valence electrons. The topological polar surface area (TPSA) is 88.8 Å². The van der Waals surface area contributed by atoms with Crippen LogP contribution in [0.2, 0.25) is 0 Å². The van der Waals surface area contributed by atoms with E-state index in [0.29, 0.717) is 5.82 Å². The quantitative estimate of drug-likeness (QED) is 0.813. The molecule has 0 spiro atoms. The number of esters is 1. The van der Waals surface area contributed by atoms with Gasteiger partial charge in [-0.05, 0) is 18.9 Å². The number of carbonyl (C=O) groups excluding carboxylic acids is 2. The van der Waals surface area contributed by atoms with Crippen molar-refractivity contribution < 1.29 is 14.3 Å². The molecule has 2 heterocycles. The van der Waals surface area contributed by atoms with Gasteiger partial charge in [0.1, 0.15) is 0 Å². The molecule has 2 rings (SSSR count). The highest BCUT2D eigenvalue weighted by atomic mass is 16.5. The zero-order chi connectivity index (χ0) is 15.4. The van der Waals surface area contributed by atoms with Crippen LogP contribution in [0.1, 0.15) is 23.2 Å². The van der Waals surface area contributed by atoms with Crippen molar-refractivity contribution in [2.45, 2.75) is 12.8 Å². The Morgan fingerprint density at radius 3 is 2.71 bits per heavy atom. The maximum Gasteiger partial charge on any atom is 0.340 e. The lowest BCUT2D eigenvalue weighted by molar-refractivity contribution is -0.128. The third-order valence-electron chi connectivity index (χ3n) is 3.57. The minimum atomic E-state index is -0.518. The van der Waals surface area contributed by atoms with Crippen molar-refractivity contribution in [1.82, 2.24) is 9.88 Å². The Labute approximate surface area is 123 Å². The lowest BCUT2D eigenvalue weighted by atomic mass is 10.2. The number of rotatable bonds is 4. The molecule has 7 nitrogen and oxygen atoms in total. The number of likely N-dealkylation sites (N-methyl/N-ethyl adjacent to an activating group) is 1. The van der Waals surface area contributed by atoms with Crippen LogP contribution in [0.4, 0.5) is 11.5 Å². The fourth-order valence-corrected chi connectivity index (χ4v) is 2.40. The van der Waals surface area contributed by atoms with Crippen LogP contribution in [0, 0.1) is 0 Å². The number of nitrogens with two attached hydrogens (primary N) is 1. The Morgan fingerprint density at radius 1 is 1.43 bits per heavy atom. The molecular formula is C14H20N4O3. The summed E-state index contributed by atoms with van der Waals surface area (Å²) >= 11 is 0. The number of hydrogen-bond acceptors (Lipinski definition) is 6. The molecular weight excluding hydrogens is 272 g/mol. The number of amides is 1. The number of aromatic nitrogens is 1. The number of ether oxygens (including phenoxy) is 1. The Balaban J connectivity index is 2.13. The van der Waals surface area contributed by atoms with Crippen molar-refractivity contribution in [3.05, 3.63) is 17.8 Å². The van der Waals surface area contributed by atoms with Gasteiger partial charge < -0.3 is 20.3 Å². The number of nitrogen functional groups attached to an aromatic ring is 1. The number of nitrogens with zero attached hydrogens (tertiary/aromatic N) is 3. The molecule has 1 aliphatic heterocycles. The molecule has 0 unspecified atom stereocenters. The van der Waals surface area contributed by atoms with Crippen LogP contribution in [-0.4, -0.2) is 55.6 Å². The van der Waals surface area contributed by atoms with Crippen molar-refractivity contribution in [2.24, 2.45) is 0 Å². The Bertz CT molecular complexity index is 541. The van der Waals surface area contributed by atoms with Gasteiger partial charge in [-0.3, -0.25) is 4.79 Å². The Morgan fingerprint density at radius 2 is 2.10 bits per heavy atom. The van der Waals surface area contributed by atoms with E-state index in [2.05, 4.69) is 9.72 Å². The molecule has 0 aliphatic carbocycles. The van der Waals surface area contributed by atoms with Gasteiger partial charge in [0.2, 0.25) is 5.91 Å². The van der Waals surface area contributed by atoms with Crippen LogP contribution in [-0.2, 0) is 9.53 Å². The lowest BCUT2D eigenvalue weighted by Crippen LogP contribution is -2.37. The molecule has 7 heteroatoms. The average Bonchev–Trinajstić information content (AvgIpc) is 3.00. The molecule has 0 atom stereocenters. The van der Waals surface area contributed by atoms with Crippen LogP contribution >= 0.6 is 0 Å². The molecule has 1 amide bonds. The summed E-state index contributed by atoms with van der Waals surface area (Å²) in [5.74, 6) is -0.0689. The lowest BCUT2D eigenvalue weighted by Gasteiger charge is -2.23. The number of likely N-dealkylation sites (tertiary alicyclic amines) is 1. The first kappa shape index (κ1) is 15.1. The molecule has 2 N–H and O–H groups in total. The van der Waals surface area contributed by atoms with Crippen LogP contribution in [0.25, 0.3) is 0 Å². The predicted molar refractivity (Wildman–Crippen MR) is 79.1 cm³/mol. The van der Waals surface area contributed by atoms with Gasteiger partial charge in [-0.1, -0.05) is 0 Å². The maximum absolute atomic E-state index is 12.1. The normalized spacial score (nSPS) is 14.1. The van der Waals surface area contributed by atoms with E-state index in [1.165, 1.54) is 19.4 Å². The first-order valence-electron chi connectivity index (χ1n) is 6.86. The SMILES string of the molecule is COC(=O)c1ccnc(N(C)CC(=O)N2CCCC2)c1N. The van der Waals surface area contributed by atoms with E-state index in [0.717, 1.165) is 25.9 Å². The molecule has 1 aromatic rings. The van der Waals surface area contributed by atoms with E-state index in [1.807, 2.05) is 4.90 Å². The first-order valence-corrected chi connectivity index (χ1v) is 6.86. The highest BCUT2D eigenvalue weighted by molar-refractivity contribution is 5.98. The van der Waals surface area contributed by atoms with Crippen molar-refractivity contribution in [2.75, 3.05) is 44.4 Å². The monoisotopic (exact) mass is 292 g/mol. The zero-order valence-electron chi connectivity index (χ0n) is 12.3. The van der Waals surface area contributed by atoms with Crippen LogP contribution in [0.5, 0.6) is 0 Å². The number of carbonyl (C=O) groups is 2. The van der Waals surface area contributed by atoms with Crippen molar-refractivity contribution in [3.8, 4) is 0 Å². The van der Waals surface area contributed by atoms with Crippen molar-refractivity contribution in [3.63, 3.8) is 0 Å². The molecule has 1 aliphatic rings. The summed E-state index contributed by atoms with van der Waals surface area (Å²) in [6.07, 6.45) is 3.58. The van der Waals surface area contributed by atoms with Crippen molar-refractivity contribution >= 4 is 23.4 Å². The maximum atomic E-state index is 12.1. The molecule has 0 radical (unpaired) electrons. The van der Waals surface area contributed by atoms with E-state index in [-0.39, 0.29) is 23.7 Å². The summed E-state index contributed by atoms with van der Waals surface area (Å²) in [7, 11) is 3.02. The highest BCUT2D eigenvalue weighted by Gasteiger charge is 2.22. The minimum Gasteiger partial charge on any atom is -0.465 e. The van der Waals surface area contributed by atoms with E-state index in [9.17, 15) is 9.59 Å². The summed E-state index contributed by atoms with van der Waals surface area (Å²) in [6.45, 7) is 1.79. The second kappa shape index (κ2) is 6.43. The van der Waals surface area contributed by atoms with Gasteiger partial charge in [0, 0.05) is 26.3 Å². The Hall–Kier alpha value is -2.31. The van der Waals surface area contributed by atoms with Gasteiger partial charge in [0.05, 0.1) is 24.9 Å². The fraction of sp³-hybridized carbons (Fsp3) is 0.500. The largest absolute Gasteiger partial charge is 0.465 e. The summed E-state index contributed by atoms with van der Waals surface area (Å²) in [5, 5.41) is 0. The molecule has 21 heavy (non-hydrogen) atoms. The first-order chi connectivity index (χ1) is 10.0. The molecule has 0 aromatic carbocycles. The molecule has 1 fully saturated rings. The molecule has 0 bridgehead atoms. The standard InChI is InChI=1S/C14H20N4O3/c1-17(9-11(19)18-7-3-4-8-18)13-12(15)10(5-6-16-13)14(20)21-2/h5-6H,3-4,7-9,15H2,1-2H3. The third-order valence-corrected chi connectivity index (χ3v) is 3.57. The zero-order valence-corrected chi connectivity index (χ0v) is 12.3. The van der Waals surface area contributed by atoms with E-state index >= 15 is 0 Å². The summed E-state index contributed by atoms with van der Waals surface area (Å²) < 4.78 is 4.67. The van der Waals surface area contributed by atoms with Gasteiger partial charge in [0.25, 0.3) is 0 Å². The van der Waals surface area contributed by atoms with E-state index in [4.69, 9.17) is 5.73 Å². The van der Waals surface area contributed by atoms with Gasteiger partial charge in [-0.15, -0.1) is 0 Å². The summed E-state index contributed by atoms with van der Waals surface area (Å²) in [5.41, 5.74) is 6.44. The van der Waals surface area contributed by atoms with Gasteiger partial charge in [-0.25, -0.2) is 9.78 Å². The molecule has 1 saturated heterocycles. The van der Waals surface area contributed by atoms with Crippen LogP contribution in [0.3, 0.4) is 0 Å². The van der Waals surface area contributed by atoms with E-state index in [1.54, 1.807) is 11.9 Å². The third kappa shape index (κ3) is 3.24. The summed E-state index contributed by atoms with van der Waals surface area (Å²) in [6, 6.07) is 1.50. The molecule has 1 aromatic heterocycles. The van der Waals surface area contributed by atoms with Gasteiger partial charge in [0.15, 0.2) is 5.82 Å². The molecule has 0 saturated carbocycles. The summed E-state index contributed by atoms with van der Waals surface area (Å²) in [4.78, 5) is 31.4. The van der Waals surface area contributed by atoms with E-state index < -0.39 is 5.97 Å². The number of anilines is 2. The van der Waals surface area contributed by atoms with Gasteiger partial charge >= 0.3 is 5.97 Å². The number of pyridine rings is 1. The second-order valence-corrected chi connectivity index (χ2v) is 5.03. The Kier molecular flexibility index (Phi) is 4.62. The number of hydrogen-bond donors (Lipinski definition) is 1. The predicted octanol–water partition coefficient (Wildman–Crippen LogP) is 0.509. The number of methoxy groups -OCH3 is 1. The minimum absolute atomic E-state index is 0.0414. The second-order valence-electron chi connectivity index (χ2n) is 5.03. The van der Waals surface area contributed by atoms with Crippen molar-refractivity contribution in [1.29, 1.82) is 0 Å². The van der Waals surface area contributed by atoms with Crippen LogP contribution in [0.15, 0.2) is 12.3 Å². The average molecular weight is 292 g/mol. The van der Waals surface area contributed by atoms with Gasteiger partial charge in [-0.2, -0.15) is 0 Å². The fourth-order valence-electron chi connectivity index (χ4n) is 2.40.